The van der Waals surface area contributed by atoms with Gasteiger partial charge in [-0.3, -0.25) is 0 Å². The van der Waals surface area contributed by atoms with Crippen molar-refractivity contribution in [2.45, 2.75) is 12.8 Å². The molecule has 0 radical (unpaired) electrons. The quantitative estimate of drug-likeness (QED) is 0.546. The van der Waals surface area contributed by atoms with Crippen LogP contribution in [0.25, 0.3) is 0 Å². The van der Waals surface area contributed by atoms with Crippen LogP contribution >= 0.6 is 34.2 Å². The number of rotatable bonds is 2. The predicted molar refractivity (Wildman–Crippen MR) is 55.8 cm³/mol. The van der Waals surface area contributed by atoms with Crippen LogP contribution in [0.2, 0.25) is 5.02 Å². The van der Waals surface area contributed by atoms with Crippen LogP contribution in [-0.2, 0) is 6.18 Å². The third kappa shape index (κ3) is 3.34. The molecule has 0 fully saturated rings. The minimum Gasteiger partial charge on any atom is -0.433 e. The molecule has 0 saturated carbocycles. The Morgan fingerprint density at radius 3 is 2.25 bits per heavy atom. The molecule has 1 aromatic carbocycles. The molecule has 0 aliphatic rings. The highest BCUT2D eigenvalue weighted by atomic mass is 127. The fourth-order valence-electron chi connectivity index (χ4n) is 0.952. The molecule has 0 bridgehead atoms. The van der Waals surface area contributed by atoms with Crippen molar-refractivity contribution in [1.82, 2.24) is 0 Å². The van der Waals surface area contributed by atoms with Gasteiger partial charge in [0, 0.05) is 3.57 Å². The average Bonchev–Trinajstić information content (AvgIpc) is 2.07. The Morgan fingerprint density at radius 2 is 1.81 bits per heavy atom. The van der Waals surface area contributed by atoms with Gasteiger partial charge >= 0.3 is 12.8 Å². The zero-order valence-corrected chi connectivity index (χ0v) is 10.2. The number of benzene rings is 1. The lowest BCUT2D eigenvalue weighted by Crippen LogP contribution is -2.09. The minimum absolute atomic E-state index is 0.102. The number of alkyl halides is 5. The molecule has 0 N–H and O–H groups in total. The first-order valence-electron chi connectivity index (χ1n) is 3.73. The summed E-state index contributed by atoms with van der Waals surface area (Å²) in [6.07, 6.45) is -4.71. The van der Waals surface area contributed by atoms with Crippen molar-refractivity contribution in [3.05, 3.63) is 26.3 Å². The van der Waals surface area contributed by atoms with Crippen LogP contribution in [0, 0.1) is 3.57 Å². The number of hydrogen-bond donors (Lipinski definition) is 0. The molecule has 1 aromatic rings. The second-order valence-electron chi connectivity index (χ2n) is 2.64. The number of halogens is 7. The van der Waals surface area contributed by atoms with E-state index in [0.717, 1.165) is 12.1 Å². The molecule has 1 rings (SSSR count). The summed E-state index contributed by atoms with van der Waals surface area (Å²) in [4.78, 5) is 0. The van der Waals surface area contributed by atoms with Crippen molar-refractivity contribution in [2.75, 3.05) is 0 Å². The van der Waals surface area contributed by atoms with Gasteiger partial charge in [-0.05, 0) is 34.7 Å². The molecule has 90 valence electrons. The summed E-state index contributed by atoms with van der Waals surface area (Å²) in [6.45, 7) is -3.23. The Bertz CT molecular complexity index is 393. The average molecular weight is 372 g/mol. The molecule has 0 heterocycles. The van der Waals surface area contributed by atoms with E-state index < -0.39 is 29.1 Å². The molecule has 0 amide bonds. The second kappa shape index (κ2) is 4.91. The summed E-state index contributed by atoms with van der Waals surface area (Å²) >= 11 is 6.88. The summed E-state index contributed by atoms with van der Waals surface area (Å²) in [6, 6.07) is 1.76. The maximum Gasteiger partial charge on any atom is 0.418 e. The van der Waals surface area contributed by atoms with Crippen molar-refractivity contribution in [3.63, 3.8) is 0 Å². The van der Waals surface area contributed by atoms with Crippen LogP contribution in [0.15, 0.2) is 12.1 Å². The van der Waals surface area contributed by atoms with E-state index >= 15 is 0 Å². The van der Waals surface area contributed by atoms with E-state index in [-0.39, 0.29) is 3.57 Å². The van der Waals surface area contributed by atoms with Gasteiger partial charge in [-0.2, -0.15) is 22.0 Å². The topological polar surface area (TPSA) is 9.23 Å². The van der Waals surface area contributed by atoms with E-state index in [2.05, 4.69) is 4.74 Å². The monoisotopic (exact) mass is 372 g/mol. The summed E-state index contributed by atoms with van der Waals surface area (Å²) < 4.78 is 65.0. The molecule has 0 aromatic heterocycles. The van der Waals surface area contributed by atoms with E-state index in [4.69, 9.17) is 11.6 Å². The summed E-state index contributed by atoms with van der Waals surface area (Å²) in [5.74, 6) is -0.684. The third-order valence-corrected chi connectivity index (χ3v) is 2.54. The van der Waals surface area contributed by atoms with Gasteiger partial charge in [-0.1, -0.05) is 11.6 Å². The van der Waals surface area contributed by atoms with Crippen LogP contribution in [0.4, 0.5) is 22.0 Å². The highest BCUT2D eigenvalue weighted by Crippen LogP contribution is 2.40. The molecule has 0 saturated heterocycles. The van der Waals surface area contributed by atoms with Gasteiger partial charge in [0.2, 0.25) is 0 Å². The van der Waals surface area contributed by atoms with Crippen LogP contribution in [0.3, 0.4) is 0 Å². The first-order valence-corrected chi connectivity index (χ1v) is 5.18. The van der Waals surface area contributed by atoms with Gasteiger partial charge in [0.15, 0.2) is 0 Å². The zero-order chi connectivity index (χ0) is 12.5. The van der Waals surface area contributed by atoms with Gasteiger partial charge < -0.3 is 4.74 Å². The molecular formula is C8H3ClF5IO. The third-order valence-electron chi connectivity index (χ3n) is 1.53. The summed E-state index contributed by atoms with van der Waals surface area (Å²) in [5.41, 5.74) is -1.20. The minimum atomic E-state index is -4.71. The highest BCUT2D eigenvalue weighted by molar-refractivity contribution is 14.1. The first kappa shape index (κ1) is 13.8. The summed E-state index contributed by atoms with van der Waals surface area (Å²) in [7, 11) is 0. The molecule has 0 aliphatic carbocycles. The second-order valence-corrected chi connectivity index (χ2v) is 4.27. The van der Waals surface area contributed by atoms with Crippen molar-refractivity contribution in [2.24, 2.45) is 0 Å². The van der Waals surface area contributed by atoms with Crippen molar-refractivity contribution in [1.29, 1.82) is 0 Å². The fraction of sp³-hybridized carbons (Fsp3) is 0.250. The Hall–Kier alpha value is -0.310. The first-order chi connectivity index (χ1) is 7.21. The SMILES string of the molecule is FC(F)Oc1cc(I)cc(C(F)(F)F)c1Cl. The van der Waals surface area contributed by atoms with Crippen molar-refractivity contribution < 1.29 is 26.7 Å². The zero-order valence-electron chi connectivity index (χ0n) is 7.29. The molecule has 0 atom stereocenters. The summed E-state index contributed by atoms with van der Waals surface area (Å²) in [5, 5.41) is -0.867. The highest BCUT2D eigenvalue weighted by Gasteiger charge is 2.35. The normalized spacial score (nSPS) is 12.0. The van der Waals surface area contributed by atoms with E-state index in [9.17, 15) is 22.0 Å². The maximum absolute atomic E-state index is 12.4. The van der Waals surface area contributed by atoms with Gasteiger partial charge in [0.25, 0.3) is 0 Å². The van der Waals surface area contributed by atoms with E-state index in [1.807, 2.05) is 0 Å². The van der Waals surface area contributed by atoms with Crippen molar-refractivity contribution in [3.8, 4) is 5.75 Å². The molecule has 0 aliphatic heterocycles. The smallest absolute Gasteiger partial charge is 0.418 e. The van der Waals surface area contributed by atoms with Crippen LogP contribution in [0.5, 0.6) is 5.75 Å². The molecule has 16 heavy (non-hydrogen) atoms. The molecular weight excluding hydrogens is 369 g/mol. The number of ether oxygens (including phenoxy) is 1. The van der Waals surface area contributed by atoms with E-state index in [0.29, 0.717) is 0 Å². The lowest BCUT2D eigenvalue weighted by Gasteiger charge is -2.13. The number of hydrogen-bond acceptors (Lipinski definition) is 1. The van der Waals surface area contributed by atoms with E-state index in [1.165, 1.54) is 0 Å². The van der Waals surface area contributed by atoms with Crippen LogP contribution in [0.1, 0.15) is 5.56 Å². The van der Waals surface area contributed by atoms with Crippen LogP contribution in [-0.4, -0.2) is 6.61 Å². The van der Waals surface area contributed by atoms with Gasteiger partial charge in [-0.25, -0.2) is 0 Å². The van der Waals surface area contributed by atoms with Crippen molar-refractivity contribution >= 4 is 34.2 Å². The fourth-order valence-corrected chi connectivity index (χ4v) is 1.81. The predicted octanol–water partition coefficient (Wildman–Crippen LogP) is 4.56. The lowest BCUT2D eigenvalue weighted by molar-refractivity contribution is -0.138. The van der Waals surface area contributed by atoms with E-state index in [1.54, 1.807) is 22.6 Å². The molecule has 0 unspecified atom stereocenters. The standard InChI is InChI=1S/C8H3ClF5IO/c9-6-4(8(12,13)14)1-3(15)2-5(6)16-7(10)11/h1-2,7H. The van der Waals surface area contributed by atoms with Gasteiger partial charge in [0.1, 0.15) is 5.75 Å². The Kier molecular flexibility index (Phi) is 4.22. The van der Waals surface area contributed by atoms with Gasteiger partial charge in [-0.15, -0.1) is 0 Å². The largest absolute Gasteiger partial charge is 0.433 e. The molecule has 8 heteroatoms. The molecule has 1 nitrogen and oxygen atoms in total. The molecule has 0 spiro atoms. The Balaban J connectivity index is 3.26. The van der Waals surface area contributed by atoms with Crippen LogP contribution < -0.4 is 4.74 Å². The lowest BCUT2D eigenvalue weighted by atomic mass is 10.2. The van der Waals surface area contributed by atoms with Gasteiger partial charge in [0.05, 0.1) is 10.6 Å². The Labute approximate surface area is 106 Å². The maximum atomic E-state index is 12.4. The Morgan fingerprint density at radius 1 is 1.25 bits per heavy atom.